The fourth-order valence-electron chi connectivity index (χ4n) is 2.34. The Bertz CT molecular complexity index is 386. The van der Waals surface area contributed by atoms with Crippen molar-refractivity contribution < 1.29 is 5.11 Å². The van der Waals surface area contributed by atoms with E-state index in [9.17, 15) is 5.11 Å². The maximum Gasteiger partial charge on any atom is 0.118 e. The molecule has 1 aliphatic carbocycles. The normalized spacial score (nSPS) is 18.9. The summed E-state index contributed by atoms with van der Waals surface area (Å²) in [5.41, 5.74) is 8.18. The first kappa shape index (κ1) is 10.5. The highest BCUT2D eigenvalue weighted by molar-refractivity contribution is 5.43. The summed E-state index contributed by atoms with van der Waals surface area (Å²) in [5, 5.41) is 9.72. The molecule has 3 N–H and O–H groups in total. The topological polar surface area (TPSA) is 46.2 Å². The fraction of sp³-hybridized carbons (Fsp3) is 0.538. The van der Waals surface area contributed by atoms with Gasteiger partial charge in [0, 0.05) is 11.0 Å². The summed E-state index contributed by atoms with van der Waals surface area (Å²) in [7, 11) is 0. The molecule has 15 heavy (non-hydrogen) atoms. The molecule has 0 aromatic heterocycles. The Morgan fingerprint density at radius 2 is 1.93 bits per heavy atom. The van der Waals surface area contributed by atoms with Crippen LogP contribution in [0.4, 0.5) is 0 Å². The van der Waals surface area contributed by atoms with Crippen LogP contribution in [-0.4, -0.2) is 10.6 Å². The Morgan fingerprint density at radius 3 is 2.33 bits per heavy atom. The quantitative estimate of drug-likeness (QED) is 0.779. The lowest BCUT2D eigenvalue weighted by molar-refractivity contribution is 0.389. The maximum absolute atomic E-state index is 9.72. The first-order valence-corrected chi connectivity index (χ1v) is 5.46. The van der Waals surface area contributed by atoms with Crippen molar-refractivity contribution in [2.24, 2.45) is 5.73 Å². The Balaban J connectivity index is 2.43. The molecule has 1 fully saturated rings. The zero-order valence-electron chi connectivity index (χ0n) is 9.67. The van der Waals surface area contributed by atoms with Crippen molar-refractivity contribution in [1.82, 2.24) is 0 Å². The molecule has 2 rings (SSSR count). The molecule has 1 aliphatic rings. The van der Waals surface area contributed by atoms with Gasteiger partial charge in [0.25, 0.3) is 0 Å². The lowest BCUT2D eigenvalue weighted by Crippen LogP contribution is -2.45. The third kappa shape index (κ3) is 1.53. The van der Waals surface area contributed by atoms with Crippen molar-refractivity contribution in [3.63, 3.8) is 0 Å². The number of phenols is 1. The van der Waals surface area contributed by atoms with E-state index in [1.165, 1.54) is 5.56 Å². The lowest BCUT2D eigenvalue weighted by Gasteiger charge is -2.31. The van der Waals surface area contributed by atoms with E-state index >= 15 is 0 Å². The highest BCUT2D eigenvalue weighted by atomic mass is 16.3. The molecule has 1 saturated carbocycles. The van der Waals surface area contributed by atoms with Crippen molar-refractivity contribution in [2.45, 2.75) is 44.6 Å². The van der Waals surface area contributed by atoms with Crippen LogP contribution in [0.3, 0.4) is 0 Å². The van der Waals surface area contributed by atoms with Crippen LogP contribution in [0.25, 0.3) is 0 Å². The molecule has 1 aromatic rings. The van der Waals surface area contributed by atoms with E-state index in [1.807, 2.05) is 19.1 Å². The number of aromatic hydroxyl groups is 1. The average Bonchev–Trinajstić information content (AvgIpc) is 2.88. The smallest absolute Gasteiger partial charge is 0.118 e. The van der Waals surface area contributed by atoms with Gasteiger partial charge in [0.2, 0.25) is 0 Å². The van der Waals surface area contributed by atoms with Gasteiger partial charge in [0.05, 0.1) is 0 Å². The van der Waals surface area contributed by atoms with Gasteiger partial charge in [-0.25, -0.2) is 0 Å². The van der Waals surface area contributed by atoms with E-state index in [0.29, 0.717) is 5.75 Å². The van der Waals surface area contributed by atoms with E-state index in [1.54, 1.807) is 0 Å². The number of aryl methyl sites for hydroxylation is 1. The summed E-state index contributed by atoms with van der Waals surface area (Å²) in [6, 6.07) is 5.93. The first-order chi connectivity index (χ1) is 6.87. The SMILES string of the molecule is Cc1ccc(C2(C(C)(C)N)CC2)cc1O. The number of rotatable bonds is 2. The minimum Gasteiger partial charge on any atom is -0.508 e. The molecule has 0 atom stereocenters. The number of hydrogen-bond donors (Lipinski definition) is 2. The summed E-state index contributed by atoms with van der Waals surface area (Å²) >= 11 is 0. The van der Waals surface area contributed by atoms with Gasteiger partial charge in [-0.1, -0.05) is 12.1 Å². The molecule has 0 spiro atoms. The molecule has 0 amide bonds. The van der Waals surface area contributed by atoms with Gasteiger partial charge in [-0.2, -0.15) is 0 Å². The van der Waals surface area contributed by atoms with Crippen molar-refractivity contribution in [3.8, 4) is 5.75 Å². The largest absolute Gasteiger partial charge is 0.508 e. The monoisotopic (exact) mass is 205 g/mol. The maximum atomic E-state index is 9.72. The third-order valence-corrected chi connectivity index (χ3v) is 3.75. The van der Waals surface area contributed by atoms with Crippen molar-refractivity contribution in [1.29, 1.82) is 0 Å². The second kappa shape index (κ2) is 2.99. The van der Waals surface area contributed by atoms with Crippen LogP contribution < -0.4 is 5.73 Å². The Morgan fingerprint density at radius 1 is 1.33 bits per heavy atom. The molecule has 2 heteroatoms. The van der Waals surface area contributed by atoms with Crippen molar-refractivity contribution >= 4 is 0 Å². The second-order valence-corrected chi connectivity index (χ2v) is 5.31. The second-order valence-electron chi connectivity index (χ2n) is 5.31. The summed E-state index contributed by atoms with van der Waals surface area (Å²) in [5.74, 6) is 0.378. The van der Waals surface area contributed by atoms with Gasteiger partial charge in [0.15, 0.2) is 0 Å². The predicted octanol–water partition coefficient (Wildman–Crippen LogP) is 2.47. The Kier molecular flexibility index (Phi) is 2.09. The number of phenolic OH excluding ortho intramolecular Hbond substituents is 1. The molecule has 1 aromatic carbocycles. The zero-order chi connectivity index (χ0) is 11.3. The molecule has 0 radical (unpaired) electrons. The molecule has 0 unspecified atom stereocenters. The van der Waals surface area contributed by atoms with Crippen LogP contribution in [0, 0.1) is 6.92 Å². The predicted molar refractivity (Wildman–Crippen MR) is 62.0 cm³/mol. The molecular formula is C13H19NO. The molecule has 0 bridgehead atoms. The molecule has 0 aliphatic heterocycles. The number of benzene rings is 1. The summed E-state index contributed by atoms with van der Waals surface area (Å²) in [6.45, 7) is 6.04. The van der Waals surface area contributed by atoms with Crippen molar-refractivity contribution in [3.05, 3.63) is 29.3 Å². The molecular weight excluding hydrogens is 186 g/mol. The summed E-state index contributed by atoms with van der Waals surface area (Å²) in [4.78, 5) is 0. The number of hydrogen-bond acceptors (Lipinski definition) is 2. The van der Waals surface area contributed by atoms with Crippen LogP contribution >= 0.6 is 0 Å². The highest BCUT2D eigenvalue weighted by Crippen LogP contribution is 2.55. The van der Waals surface area contributed by atoms with E-state index in [0.717, 1.165) is 18.4 Å². The van der Waals surface area contributed by atoms with Gasteiger partial charge in [-0.15, -0.1) is 0 Å². The van der Waals surface area contributed by atoms with Gasteiger partial charge in [-0.3, -0.25) is 0 Å². The summed E-state index contributed by atoms with van der Waals surface area (Å²) in [6.07, 6.45) is 2.25. The summed E-state index contributed by atoms with van der Waals surface area (Å²) < 4.78 is 0. The van der Waals surface area contributed by atoms with Crippen molar-refractivity contribution in [2.75, 3.05) is 0 Å². The van der Waals surface area contributed by atoms with Crippen LogP contribution in [0.2, 0.25) is 0 Å². The van der Waals surface area contributed by atoms with Gasteiger partial charge >= 0.3 is 0 Å². The minimum atomic E-state index is -0.214. The third-order valence-electron chi connectivity index (χ3n) is 3.75. The first-order valence-electron chi connectivity index (χ1n) is 5.46. The molecule has 2 nitrogen and oxygen atoms in total. The van der Waals surface area contributed by atoms with Gasteiger partial charge in [0.1, 0.15) is 5.75 Å². The van der Waals surface area contributed by atoms with E-state index in [-0.39, 0.29) is 11.0 Å². The average molecular weight is 205 g/mol. The number of nitrogens with two attached hydrogens (primary N) is 1. The van der Waals surface area contributed by atoms with Crippen LogP contribution in [0.5, 0.6) is 5.75 Å². The van der Waals surface area contributed by atoms with E-state index < -0.39 is 0 Å². The zero-order valence-corrected chi connectivity index (χ0v) is 9.67. The van der Waals surface area contributed by atoms with Gasteiger partial charge < -0.3 is 10.8 Å². The van der Waals surface area contributed by atoms with E-state index in [4.69, 9.17) is 5.73 Å². The van der Waals surface area contributed by atoms with Gasteiger partial charge in [-0.05, 0) is 50.8 Å². The Labute approximate surface area is 91.1 Å². The minimum absolute atomic E-state index is 0.0815. The fourth-order valence-corrected chi connectivity index (χ4v) is 2.34. The standard InChI is InChI=1S/C13H19NO/c1-9-4-5-10(8-11(9)15)13(6-7-13)12(2,3)14/h4-5,8,15H,6-7,14H2,1-3H3. The van der Waals surface area contributed by atoms with E-state index in [2.05, 4.69) is 19.9 Å². The molecule has 82 valence electrons. The van der Waals surface area contributed by atoms with Crippen LogP contribution in [-0.2, 0) is 5.41 Å². The van der Waals surface area contributed by atoms with Crippen LogP contribution in [0.15, 0.2) is 18.2 Å². The Hall–Kier alpha value is -1.02. The lowest BCUT2D eigenvalue weighted by atomic mass is 9.79. The van der Waals surface area contributed by atoms with Crippen LogP contribution in [0.1, 0.15) is 37.8 Å². The molecule has 0 heterocycles. The highest BCUT2D eigenvalue weighted by Gasteiger charge is 2.53. The molecule has 0 saturated heterocycles.